The van der Waals surface area contributed by atoms with E-state index in [-0.39, 0.29) is 11.8 Å². The van der Waals surface area contributed by atoms with Gasteiger partial charge in [0.15, 0.2) is 0 Å². The molecule has 26 heavy (non-hydrogen) atoms. The molecule has 0 saturated heterocycles. The lowest BCUT2D eigenvalue weighted by Crippen LogP contribution is -2.32. The van der Waals surface area contributed by atoms with E-state index >= 15 is 0 Å². The number of hydrogen-bond donors (Lipinski definition) is 1. The van der Waals surface area contributed by atoms with Crippen molar-refractivity contribution < 1.29 is 13.2 Å². The molecular formula is C21H33NO3S. The molecule has 0 amide bonds. The van der Waals surface area contributed by atoms with E-state index in [0.717, 1.165) is 24.2 Å². The first-order valence-corrected chi connectivity index (χ1v) is 11.6. The molecule has 1 aromatic carbocycles. The zero-order valence-electron chi connectivity index (χ0n) is 16.5. The molecule has 1 aromatic rings. The summed E-state index contributed by atoms with van der Waals surface area (Å²) < 4.78 is 34.5. The standard InChI is InChI=1S/C21H33NO3S/c1-15(2)11-19(18-7-5-6-8-20(18)25-13-16(3)4)22-26(23,24)14-17-12-21(17)9-10-21/h5-8,15-17,19,22H,9-14H2,1-4H3. The van der Waals surface area contributed by atoms with Crippen molar-refractivity contribution in [2.24, 2.45) is 23.2 Å². The van der Waals surface area contributed by atoms with Gasteiger partial charge >= 0.3 is 0 Å². The van der Waals surface area contributed by atoms with Crippen molar-refractivity contribution in [1.29, 1.82) is 0 Å². The van der Waals surface area contributed by atoms with E-state index < -0.39 is 10.0 Å². The molecule has 1 N–H and O–H groups in total. The SMILES string of the molecule is CC(C)COc1ccccc1C(CC(C)C)NS(=O)(=O)CC1CC12CC2. The molecule has 0 bridgehead atoms. The Morgan fingerprint density at radius 2 is 1.85 bits per heavy atom. The molecule has 146 valence electrons. The summed E-state index contributed by atoms with van der Waals surface area (Å²) >= 11 is 0. The van der Waals surface area contributed by atoms with Crippen LogP contribution in [0.15, 0.2) is 24.3 Å². The first-order chi connectivity index (χ1) is 12.2. The topological polar surface area (TPSA) is 55.4 Å². The minimum Gasteiger partial charge on any atom is -0.493 e. The quantitative estimate of drug-likeness (QED) is 0.650. The molecule has 3 rings (SSSR count). The maximum absolute atomic E-state index is 12.8. The summed E-state index contributed by atoms with van der Waals surface area (Å²) in [4.78, 5) is 0. The van der Waals surface area contributed by atoms with Gasteiger partial charge in [0, 0.05) is 5.56 Å². The van der Waals surface area contributed by atoms with Crippen LogP contribution in [0.3, 0.4) is 0 Å². The van der Waals surface area contributed by atoms with E-state index in [1.165, 1.54) is 12.8 Å². The molecule has 0 heterocycles. The number of para-hydroxylation sites is 1. The van der Waals surface area contributed by atoms with Crippen molar-refractivity contribution in [3.63, 3.8) is 0 Å². The van der Waals surface area contributed by atoms with Crippen LogP contribution in [0.4, 0.5) is 0 Å². The normalized spacial score (nSPS) is 22.0. The fourth-order valence-electron chi connectivity index (χ4n) is 3.84. The van der Waals surface area contributed by atoms with Gasteiger partial charge in [0.05, 0.1) is 18.4 Å². The molecule has 4 nitrogen and oxygen atoms in total. The summed E-state index contributed by atoms with van der Waals surface area (Å²) in [5, 5.41) is 0. The van der Waals surface area contributed by atoms with E-state index in [2.05, 4.69) is 32.4 Å². The van der Waals surface area contributed by atoms with Gasteiger partial charge in [-0.2, -0.15) is 0 Å². The van der Waals surface area contributed by atoms with Crippen LogP contribution < -0.4 is 9.46 Å². The summed E-state index contributed by atoms with van der Waals surface area (Å²) in [6.45, 7) is 9.10. The van der Waals surface area contributed by atoms with Gasteiger partial charge in [-0.25, -0.2) is 13.1 Å². The van der Waals surface area contributed by atoms with Crippen LogP contribution in [0.25, 0.3) is 0 Å². The summed E-state index contributed by atoms with van der Waals surface area (Å²) in [6.07, 6.45) is 4.29. The highest BCUT2D eigenvalue weighted by atomic mass is 32.2. The summed E-state index contributed by atoms with van der Waals surface area (Å²) in [5.41, 5.74) is 1.35. The van der Waals surface area contributed by atoms with E-state index in [1.54, 1.807) is 0 Å². The number of benzene rings is 1. The van der Waals surface area contributed by atoms with Gasteiger partial charge in [-0.05, 0) is 54.9 Å². The Balaban J connectivity index is 1.75. The molecular weight excluding hydrogens is 346 g/mol. The Hall–Kier alpha value is -1.07. The van der Waals surface area contributed by atoms with Gasteiger partial charge in [-0.15, -0.1) is 0 Å². The lowest BCUT2D eigenvalue weighted by atomic mass is 9.97. The van der Waals surface area contributed by atoms with Crippen LogP contribution in [0.2, 0.25) is 0 Å². The highest BCUT2D eigenvalue weighted by Crippen LogP contribution is 2.70. The third-order valence-electron chi connectivity index (χ3n) is 5.57. The molecule has 0 radical (unpaired) electrons. The summed E-state index contributed by atoms with van der Waals surface area (Å²) in [7, 11) is -3.30. The van der Waals surface area contributed by atoms with Gasteiger partial charge in [0.2, 0.25) is 10.0 Å². The van der Waals surface area contributed by atoms with Gasteiger partial charge in [-0.1, -0.05) is 45.9 Å². The zero-order valence-corrected chi connectivity index (χ0v) is 17.3. The van der Waals surface area contributed by atoms with Crippen molar-refractivity contribution in [3.8, 4) is 5.75 Å². The average molecular weight is 380 g/mol. The predicted octanol–water partition coefficient (Wildman–Crippen LogP) is 4.53. The molecule has 2 unspecified atom stereocenters. The van der Waals surface area contributed by atoms with E-state index in [1.807, 2.05) is 24.3 Å². The Morgan fingerprint density at radius 3 is 2.42 bits per heavy atom. The smallest absolute Gasteiger partial charge is 0.212 e. The Bertz CT molecular complexity index is 723. The van der Waals surface area contributed by atoms with Gasteiger partial charge < -0.3 is 4.74 Å². The van der Waals surface area contributed by atoms with Gasteiger partial charge in [0.1, 0.15) is 5.75 Å². The van der Waals surface area contributed by atoms with Crippen molar-refractivity contribution in [3.05, 3.63) is 29.8 Å². The third-order valence-corrected chi connectivity index (χ3v) is 7.05. The van der Waals surface area contributed by atoms with Crippen LogP contribution in [-0.4, -0.2) is 20.8 Å². The second-order valence-corrected chi connectivity index (χ2v) is 10.9. The van der Waals surface area contributed by atoms with Crippen LogP contribution >= 0.6 is 0 Å². The Morgan fingerprint density at radius 1 is 1.15 bits per heavy atom. The van der Waals surface area contributed by atoms with Crippen molar-refractivity contribution in [2.75, 3.05) is 12.4 Å². The number of ether oxygens (including phenoxy) is 1. The van der Waals surface area contributed by atoms with Crippen LogP contribution in [0.5, 0.6) is 5.75 Å². The number of hydrogen-bond acceptors (Lipinski definition) is 3. The van der Waals surface area contributed by atoms with Gasteiger partial charge in [0.25, 0.3) is 0 Å². The minimum atomic E-state index is -3.30. The second-order valence-electron chi connectivity index (χ2n) is 9.09. The maximum atomic E-state index is 12.8. The fraction of sp³-hybridized carbons (Fsp3) is 0.714. The first kappa shape index (κ1) is 19.7. The summed E-state index contributed by atoms with van der Waals surface area (Å²) in [5.74, 6) is 2.24. The molecule has 0 aromatic heterocycles. The van der Waals surface area contributed by atoms with Crippen molar-refractivity contribution in [1.82, 2.24) is 4.72 Å². The molecule has 5 heteroatoms. The second kappa shape index (κ2) is 7.51. The average Bonchev–Trinajstić information content (AvgIpc) is 3.44. The Labute approximate surface area is 158 Å². The first-order valence-electron chi connectivity index (χ1n) is 9.92. The molecule has 2 aliphatic carbocycles. The Kier molecular flexibility index (Phi) is 5.69. The molecule has 0 aliphatic heterocycles. The molecule has 2 aliphatic rings. The molecule has 2 saturated carbocycles. The van der Waals surface area contributed by atoms with Crippen LogP contribution in [-0.2, 0) is 10.0 Å². The highest BCUT2D eigenvalue weighted by molar-refractivity contribution is 7.89. The molecule has 2 atom stereocenters. The molecule has 1 spiro atoms. The minimum absolute atomic E-state index is 0.239. The maximum Gasteiger partial charge on any atom is 0.212 e. The third kappa shape index (κ3) is 5.01. The summed E-state index contributed by atoms with van der Waals surface area (Å²) in [6, 6.07) is 7.60. The lowest BCUT2D eigenvalue weighted by Gasteiger charge is -2.24. The zero-order chi connectivity index (χ0) is 18.9. The van der Waals surface area contributed by atoms with E-state index in [4.69, 9.17) is 4.74 Å². The van der Waals surface area contributed by atoms with Crippen LogP contribution in [0.1, 0.15) is 65.0 Å². The lowest BCUT2D eigenvalue weighted by molar-refractivity contribution is 0.265. The van der Waals surface area contributed by atoms with Gasteiger partial charge in [-0.3, -0.25) is 0 Å². The fourth-order valence-corrected chi connectivity index (χ4v) is 5.59. The predicted molar refractivity (Wildman–Crippen MR) is 106 cm³/mol. The van der Waals surface area contributed by atoms with E-state index in [9.17, 15) is 8.42 Å². The monoisotopic (exact) mass is 379 g/mol. The number of nitrogens with one attached hydrogen (secondary N) is 1. The largest absolute Gasteiger partial charge is 0.493 e. The van der Waals surface area contributed by atoms with Crippen molar-refractivity contribution in [2.45, 2.75) is 59.4 Å². The highest BCUT2D eigenvalue weighted by Gasteiger charge is 2.63. The van der Waals surface area contributed by atoms with Crippen LogP contribution in [0, 0.1) is 23.2 Å². The van der Waals surface area contributed by atoms with Crippen molar-refractivity contribution >= 4 is 10.0 Å². The number of rotatable bonds is 10. The molecule has 2 fully saturated rings. The van der Waals surface area contributed by atoms with E-state index in [0.29, 0.717) is 29.8 Å². The number of sulfonamides is 1.